The number of hydrogen-bond acceptors (Lipinski definition) is 2. The number of aromatic nitrogens is 1. The van der Waals surface area contributed by atoms with E-state index < -0.39 is 0 Å². The van der Waals surface area contributed by atoms with Crippen molar-refractivity contribution in [1.82, 2.24) is 4.98 Å². The summed E-state index contributed by atoms with van der Waals surface area (Å²) in [5.41, 5.74) is 6.85. The molecule has 2 N–H and O–H groups in total. The van der Waals surface area contributed by atoms with Gasteiger partial charge in [0, 0.05) is 5.39 Å². The van der Waals surface area contributed by atoms with Crippen molar-refractivity contribution in [1.29, 1.82) is 0 Å². The van der Waals surface area contributed by atoms with Crippen LogP contribution in [0, 0.1) is 5.82 Å². The Labute approximate surface area is 108 Å². The Kier molecular flexibility index (Phi) is 2.86. The number of nitrogens with zero attached hydrogens (tertiary/aromatic N) is 1. The fourth-order valence-corrected chi connectivity index (χ4v) is 2.09. The van der Waals surface area contributed by atoms with E-state index in [4.69, 9.17) is 5.73 Å². The summed E-state index contributed by atoms with van der Waals surface area (Å²) >= 11 is 3.29. The summed E-state index contributed by atoms with van der Waals surface area (Å²) in [6.45, 7) is 5.92. The third-order valence-electron chi connectivity index (χ3n) is 2.69. The lowest BCUT2D eigenvalue weighted by Gasteiger charge is -2.20. The number of pyridine rings is 1. The normalized spacial score (nSPS) is 12.1. The molecule has 17 heavy (non-hydrogen) atoms. The summed E-state index contributed by atoms with van der Waals surface area (Å²) < 4.78 is 14.7. The minimum Gasteiger partial charge on any atom is -0.383 e. The van der Waals surface area contributed by atoms with E-state index in [-0.39, 0.29) is 11.2 Å². The average molecular weight is 297 g/mol. The van der Waals surface area contributed by atoms with Gasteiger partial charge in [-0.05, 0) is 45.1 Å². The molecule has 0 bridgehead atoms. The van der Waals surface area contributed by atoms with Gasteiger partial charge in [-0.1, -0.05) is 20.8 Å². The Bertz CT molecular complexity index is 588. The van der Waals surface area contributed by atoms with Crippen LogP contribution in [0.4, 0.5) is 10.2 Å². The molecule has 4 heteroatoms. The first-order valence-corrected chi connectivity index (χ1v) is 6.14. The lowest BCUT2D eigenvalue weighted by atomic mass is 9.86. The topological polar surface area (TPSA) is 38.9 Å². The molecule has 0 aliphatic carbocycles. The molecule has 0 radical (unpaired) electrons. The number of fused-ring (bicyclic) bond motifs is 1. The van der Waals surface area contributed by atoms with Crippen molar-refractivity contribution < 1.29 is 4.39 Å². The molecule has 1 aromatic heterocycles. The van der Waals surface area contributed by atoms with E-state index in [2.05, 4.69) is 20.9 Å². The number of nitrogen functional groups attached to an aromatic ring is 1. The monoisotopic (exact) mass is 296 g/mol. The smallest absolute Gasteiger partial charge is 0.138 e. The SMILES string of the molecule is CC(C)(C)c1cc2nc(N)c(Br)cc2cc1F. The van der Waals surface area contributed by atoms with Crippen molar-refractivity contribution in [2.24, 2.45) is 0 Å². The third kappa shape index (κ3) is 2.27. The van der Waals surface area contributed by atoms with Gasteiger partial charge in [0.15, 0.2) is 0 Å². The highest BCUT2D eigenvalue weighted by Crippen LogP contribution is 2.30. The average Bonchev–Trinajstić information content (AvgIpc) is 2.18. The molecule has 0 spiro atoms. The zero-order valence-electron chi connectivity index (χ0n) is 10.0. The first kappa shape index (κ1) is 12.3. The highest BCUT2D eigenvalue weighted by atomic mass is 79.9. The summed E-state index contributed by atoms with van der Waals surface area (Å²) in [5.74, 6) is 0.215. The number of halogens is 2. The zero-order chi connectivity index (χ0) is 12.8. The molecule has 0 fully saturated rings. The Morgan fingerprint density at radius 3 is 2.47 bits per heavy atom. The third-order valence-corrected chi connectivity index (χ3v) is 3.33. The summed E-state index contributed by atoms with van der Waals surface area (Å²) in [7, 11) is 0. The Morgan fingerprint density at radius 1 is 1.24 bits per heavy atom. The summed E-state index contributed by atoms with van der Waals surface area (Å²) in [6, 6.07) is 5.06. The number of nitrogens with two attached hydrogens (primary N) is 1. The number of hydrogen-bond donors (Lipinski definition) is 1. The Morgan fingerprint density at radius 2 is 1.88 bits per heavy atom. The molecule has 0 atom stereocenters. The quantitative estimate of drug-likeness (QED) is 0.797. The highest BCUT2D eigenvalue weighted by molar-refractivity contribution is 9.10. The molecular weight excluding hydrogens is 283 g/mol. The lowest BCUT2D eigenvalue weighted by Crippen LogP contribution is -2.13. The van der Waals surface area contributed by atoms with E-state index in [0.717, 1.165) is 10.9 Å². The predicted molar refractivity (Wildman–Crippen MR) is 72.5 cm³/mol. The molecule has 1 heterocycles. The van der Waals surface area contributed by atoms with Gasteiger partial charge in [-0.3, -0.25) is 0 Å². The van der Waals surface area contributed by atoms with Gasteiger partial charge in [0.25, 0.3) is 0 Å². The lowest BCUT2D eigenvalue weighted by molar-refractivity contribution is 0.524. The number of anilines is 1. The summed E-state index contributed by atoms with van der Waals surface area (Å²) in [6.07, 6.45) is 0. The van der Waals surface area contributed by atoms with Gasteiger partial charge < -0.3 is 5.73 Å². The Balaban J connectivity index is 2.76. The molecule has 0 saturated heterocycles. The second kappa shape index (κ2) is 3.95. The van der Waals surface area contributed by atoms with E-state index in [1.165, 1.54) is 6.07 Å². The van der Waals surface area contributed by atoms with E-state index in [1.807, 2.05) is 20.8 Å². The maximum atomic E-state index is 14.0. The van der Waals surface area contributed by atoms with Crippen LogP contribution in [0.2, 0.25) is 0 Å². The van der Waals surface area contributed by atoms with Crippen molar-refractivity contribution in [3.63, 3.8) is 0 Å². The first-order chi connectivity index (χ1) is 7.79. The van der Waals surface area contributed by atoms with Crippen LogP contribution in [0.1, 0.15) is 26.3 Å². The van der Waals surface area contributed by atoms with Crippen LogP contribution in [-0.4, -0.2) is 4.98 Å². The first-order valence-electron chi connectivity index (χ1n) is 5.35. The number of benzene rings is 1. The van der Waals surface area contributed by atoms with Gasteiger partial charge >= 0.3 is 0 Å². The van der Waals surface area contributed by atoms with Crippen molar-refractivity contribution in [3.05, 3.63) is 34.1 Å². The molecule has 0 saturated carbocycles. The second-order valence-corrected chi connectivity index (χ2v) is 5.98. The molecule has 2 rings (SSSR count). The van der Waals surface area contributed by atoms with Crippen LogP contribution in [0.15, 0.2) is 22.7 Å². The molecule has 0 aliphatic rings. The largest absolute Gasteiger partial charge is 0.383 e. The number of rotatable bonds is 0. The molecule has 0 aliphatic heterocycles. The predicted octanol–water partition coefficient (Wildman–Crippen LogP) is 4.02. The van der Waals surface area contributed by atoms with Crippen LogP contribution in [0.3, 0.4) is 0 Å². The van der Waals surface area contributed by atoms with Crippen molar-refractivity contribution in [2.45, 2.75) is 26.2 Å². The molecule has 1 aromatic carbocycles. The fourth-order valence-electron chi connectivity index (χ4n) is 1.76. The molecule has 90 valence electrons. The van der Waals surface area contributed by atoms with Crippen molar-refractivity contribution in [2.75, 3.05) is 5.73 Å². The molecule has 2 aromatic rings. The zero-order valence-corrected chi connectivity index (χ0v) is 11.6. The van der Waals surface area contributed by atoms with Crippen LogP contribution < -0.4 is 5.73 Å². The maximum Gasteiger partial charge on any atom is 0.138 e. The second-order valence-electron chi connectivity index (χ2n) is 5.13. The van der Waals surface area contributed by atoms with Gasteiger partial charge in [-0.2, -0.15) is 0 Å². The van der Waals surface area contributed by atoms with Gasteiger partial charge in [-0.25, -0.2) is 9.37 Å². The van der Waals surface area contributed by atoms with Crippen LogP contribution in [-0.2, 0) is 5.41 Å². The Hall–Kier alpha value is -1.16. The summed E-state index contributed by atoms with van der Waals surface area (Å²) in [5, 5.41) is 0.747. The van der Waals surface area contributed by atoms with E-state index in [1.54, 1.807) is 12.1 Å². The van der Waals surface area contributed by atoms with E-state index in [9.17, 15) is 4.39 Å². The van der Waals surface area contributed by atoms with Crippen LogP contribution in [0.25, 0.3) is 10.9 Å². The van der Waals surface area contributed by atoms with Crippen LogP contribution >= 0.6 is 15.9 Å². The molecule has 0 amide bonds. The van der Waals surface area contributed by atoms with E-state index in [0.29, 0.717) is 15.9 Å². The standard InChI is InChI=1S/C13H14BrFN2/c1-13(2,3)8-6-11-7(5-10(8)15)4-9(14)12(16)17-11/h4-6H,1-3H3,(H2,16,17). The van der Waals surface area contributed by atoms with E-state index >= 15 is 0 Å². The maximum absolute atomic E-state index is 14.0. The minimum atomic E-state index is -0.248. The van der Waals surface area contributed by atoms with Gasteiger partial charge in [-0.15, -0.1) is 0 Å². The van der Waals surface area contributed by atoms with Crippen molar-refractivity contribution >= 4 is 32.7 Å². The van der Waals surface area contributed by atoms with Crippen LogP contribution in [0.5, 0.6) is 0 Å². The van der Waals surface area contributed by atoms with Gasteiger partial charge in [0.2, 0.25) is 0 Å². The van der Waals surface area contributed by atoms with Gasteiger partial charge in [0.05, 0.1) is 9.99 Å². The minimum absolute atomic E-state index is 0.205. The van der Waals surface area contributed by atoms with Crippen molar-refractivity contribution in [3.8, 4) is 0 Å². The fraction of sp³-hybridized carbons (Fsp3) is 0.308. The molecule has 0 unspecified atom stereocenters. The summed E-state index contributed by atoms with van der Waals surface area (Å²) in [4.78, 5) is 4.25. The highest BCUT2D eigenvalue weighted by Gasteiger charge is 2.19. The molecule has 2 nitrogen and oxygen atoms in total. The van der Waals surface area contributed by atoms with Gasteiger partial charge in [0.1, 0.15) is 11.6 Å². The molecular formula is C13H14BrFN2.